The standard InChI is InChI=1S/C19H21N2.HI/c1-4-21-15(2)17(18-7-5-6-8-19(18)21)10-9-16-11-13-20(3)14-12-16;/h5-14H,4H2,1-3H3;1H/q+1;/p-1. The van der Waals surface area contributed by atoms with E-state index in [0.29, 0.717) is 0 Å². The lowest BCUT2D eigenvalue weighted by Crippen LogP contribution is -3.00. The first kappa shape index (κ1) is 16.7. The quantitative estimate of drug-likeness (QED) is 0.455. The third-order valence-corrected chi connectivity index (χ3v) is 4.04. The number of pyridine rings is 1. The van der Waals surface area contributed by atoms with Crippen LogP contribution in [0.4, 0.5) is 0 Å². The van der Waals surface area contributed by atoms with E-state index in [2.05, 4.69) is 79.4 Å². The summed E-state index contributed by atoms with van der Waals surface area (Å²) < 4.78 is 4.42. The van der Waals surface area contributed by atoms with Crippen LogP contribution in [-0.2, 0) is 13.6 Å². The second-order valence-corrected chi connectivity index (χ2v) is 5.39. The highest BCUT2D eigenvalue weighted by atomic mass is 127. The fraction of sp³-hybridized carbons (Fsp3) is 0.211. The molecule has 0 radical (unpaired) electrons. The van der Waals surface area contributed by atoms with Gasteiger partial charge in [0.25, 0.3) is 0 Å². The molecule has 2 heterocycles. The number of hydrogen-bond donors (Lipinski definition) is 0. The number of hydrogen-bond acceptors (Lipinski definition) is 0. The highest BCUT2D eigenvalue weighted by Crippen LogP contribution is 2.27. The van der Waals surface area contributed by atoms with Gasteiger partial charge in [-0.1, -0.05) is 30.4 Å². The van der Waals surface area contributed by atoms with E-state index in [0.717, 1.165) is 6.54 Å². The Bertz CT molecular complexity index is 798. The van der Waals surface area contributed by atoms with Gasteiger partial charge in [-0.3, -0.25) is 0 Å². The van der Waals surface area contributed by atoms with Gasteiger partial charge in [0.1, 0.15) is 7.05 Å². The molecule has 2 nitrogen and oxygen atoms in total. The summed E-state index contributed by atoms with van der Waals surface area (Å²) in [5.74, 6) is 0. The summed E-state index contributed by atoms with van der Waals surface area (Å²) in [7, 11) is 2.03. The minimum atomic E-state index is 0. The predicted octanol–water partition coefficient (Wildman–Crippen LogP) is 0.969. The Kier molecular flexibility index (Phi) is 5.40. The topological polar surface area (TPSA) is 8.81 Å². The lowest BCUT2D eigenvalue weighted by atomic mass is 10.1. The number of aromatic nitrogens is 2. The molecule has 0 unspecified atom stereocenters. The Labute approximate surface area is 149 Å². The second-order valence-electron chi connectivity index (χ2n) is 5.39. The first-order chi connectivity index (χ1) is 10.2. The van der Waals surface area contributed by atoms with Crippen LogP contribution in [0.3, 0.4) is 0 Å². The van der Waals surface area contributed by atoms with Crippen LogP contribution in [0.2, 0.25) is 0 Å². The van der Waals surface area contributed by atoms with Crippen molar-refractivity contribution in [1.82, 2.24) is 4.57 Å². The van der Waals surface area contributed by atoms with Crippen LogP contribution in [0.1, 0.15) is 23.7 Å². The lowest BCUT2D eigenvalue weighted by molar-refractivity contribution is -0.671. The third kappa shape index (κ3) is 3.09. The molecule has 0 amide bonds. The van der Waals surface area contributed by atoms with Crippen molar-refractivity contribution in [2.45, 2.75) is 20.4 Å². The van der Waals surface area contributed by atoms with Crippen molar-refractivity contribution in [3.05, 3.63) is 65.6 Å². The molecular formula is C19H21IN2. The van der Waals surface area contributed by atoms with Gasteiger partial charge in [0.05, 0.1) is 0 Å². The Hall–Kier alpha value is -1.62. The molecular weight excluding hydrogens is 383 g/mol. The predicted molar refractivity (Wildman–Crippen MR) is 88.9 cm³/mol. The minimum absolute atomic E-state index is 0. The first-order valence-electron chi connectivity index (χ1n) is 7.42. The molecule has 3 aromatic rings. The van der Waals surface area contributed by atoms with E-state index in [1.807, 2.05) is 11.6 Å². The molecule has 0 aliphatic carbocycles. The number of rotatable bonds is 3. The average Bonchev–Trinajstić information content (AvgIpc) is 2.78. The summed E-state index contributed by atoms with van der Waals surface area (Å²) in [6.45, 7) is 5.40. The van der Waals surface area contributed by atoms with Crippen LogP contribution in [0.25, 0.3) is 23.1 Å². The minimum Gasteiger partial charge on any atom is -1.00 e. The van der Waals surface area contributed by atoms with Crippen LogP contribution in [-0.4, -0.2) is 4.57 Å². The van der Waals surface area contributed by atoms with Crippen LogP contribution >= 0.6 is 0 Å². The third-order valence-electron chi connectivity index (χ3n) is 4.04. The van der Waals surface area contributed by atoms with Crippen molar-refractivity contribution >= 4 is 23.1 Å². The number of nitrogens with zero attached hydrogens (tertiary/aromatic N) is 2. The molecule has 0 spiro atoms. The van der Waals surface area contributed by atoms with Gasteiger partial charge in [-0.25, -0.2) is 4.57 Å². The normalized spacial score (nSPS) is 11.0. The van der Waals surface area contributed by atoms with Gasteiger partial charge in [-0.15, -0.1) is 0 Å². The molecule has 2 aromatic heterocycles. The maximum absolute atomic E-state index is 2.38. The van der Waals surface area contributed by atoms with Crippen molar-refractivity contribution in [3.8, 4) is 0 Å². The Morgan fingerprint density at radius 2 is 1.73 bits per heavy atom. The number of aryl methyl sites for hydroxylation is 2. The van der Waals surface area contributed by atoms with Gasteiger partial charge < -0.3 is 28.5 Å². The molecule has 0 bridgehead atoms. The Morgan fingerprint density at radius 1 is 1.05 bits per heavy atom. The summed E-state index contributed by atoms with van der Waals surface area (Å²) in [5, 5.41) is 1.33. The Morgan fingerprint density at radius 3 is 2.41 bits per heavy atom. The lowest BCUT2D eigenvalue weighted by Gasteiger charge is -2.03. The van der Waals surface area contributed by atoms with Crippen molar-refractivity contribution in [3.63, 3.8) is 0 Å². The maximum Gasteiger partial charge on any atom is 0.169 e. The zero-order valence-electron chi connectivity index (χ0n) is 13.3. The van der Waals surface area contributed by atoms with Crippen LogP contribution in [0.15, 0.2) is 48.8 Å². The smallest absolute Gasteiger partial charge is 0.169 e. The largest absolute Gasteiger partial charge is 1.00 e. The van der Waals surface area contributed by atoms with Gasteiger partial charge in [0, 0.05) is 40.8 Å². The summed E-state index contributed by atoms with van der Waals surface area (Å²) in [6, 6.07) is 12.9. The average molecular weight is 404 g/mol. The molecule has 0 aliphatic heterocycles. The molecule has 0 N–H and O–H groups in total. The van der Waals surface area contributed by atoms with E-state index in [1.54, 1.807) is 0 Å². The van der Waals surface area contributed by atoms with E-state index in [1.165, 1.54) is 27.7 Å². The second kappa shape index (κ2) is 7.09. The summed E-state index contributed by atoms with van der Waals surface area (Å²) in [4.78, 5) is 0. The Balaban J connectivity index is 0.00000176. The first-order valence-corrected chi connectivity index (χ1v) is 7.42. The summed E-state index contributed by atoms with van der Waals surface area (Å²) >= 11 is 0. The monoisotopic (exact) mass is 404 g/mol. The zero-order chi connectivity index (χ0) is 14.8. The molecule has 0 saturated heterocycles. The summed E-state index contributed by atoms with van der Waals surface area (Å²) in [6.07, 6.45) is 8.57. The van der Waals surface area contributed by atoms with Crippen molar-refractivity contribution in [2.24, 2.45) is 7.05 Å². The molecule has 0 atom stereocenters. The van der Waals surface area contributed by atoms with Crippen molar-refractivity contribution in [1.29, 1.82) is 0 Å². The molecule has 0 fully saturated rings. The van der Waals surface area contributed by atoms with Gasteiger partial charge in [-0.2, -0.15) is 0 Å². The highest BCUT2D eigenvalue weighted by Gasteiger charge is 2.09. The van der Waals surface area contributed by atoms with Crippen LogP contribution < -0.4 is 28.5 Å². The number of para-hydroxylation sites is 1. The molecule has 22 heavy (non-hydrogen) atoms. The van der Waals surface area contributed by atoms with E-state index in [9.17, 15) is 0 Å². The number of benzene rings is 1. The van der Waals surface area contributed by atoms with Crippen LogP contribution in [0, 0.1) is 6.92 Å². The van der Waals surface area contributed by atoms with E-state index in [4.69, 9.17) is 0 Å². The van der Waals surface area contributed by atoms with Gasteiger partial charge in [0.15, 0.2) is 12.4 Å². The van der Waals surface area contributed by atoms with Gasteiger partial charge >= 0.3 is 0 Å². The fourth-order valence-corrected chi connectivity index (χ4v) is 2.88. The van der Waals surface area contributed by atoms with Crippen LogP contribution in [0.5, 0.6) is 0 Å². The SMILES string of the molecule is CCn1c(C)c(C=Cc2cc[n+](C)cc2)c2ccccc21.[I-]. The van der Waals surface area contributed by atoms with E-state index < -0.39 is 0 Å². The molecule has 0 aliphatic rings. The summed E-state index contributed by atoms with van der Waals surface area (Å²) in [5.41, 5.74) is 5.19. The molecule has 0 saturated carbocycles. The number of halogens is 1. The van der Waals surface area contributed by atoms with Gasteiger partial charge in [-0.05, 0) is 25.5 Å². The number of fused-ring (bicyclic) bond motifs is 1. The molecule has 114 valence electrons. The molecule has 3 heteroatoms. The van der Waals surface area contributed by atoms with Gasteiger partial charge in [0.2, 0.25) is 0 Å². The van der Waals surface area contributed by atoms with E-state index in [-0.39, 0.29) is 24.0 Å². The molecule has 3 rings (SSSR count). The van der Waals surface area contributed by atoms with Crippen molar-refractivity contribution < 1.29 is 28.5 Å². The van der Waals surface area contributed by atoms with Crippen molar-refractivity contribution in [2.75, 3.05) is 0 Å². The zero-order valence-corrected chi connectivity index (χ0v) is 15.4. The van der Waals surface area contributed by atoms with E-state index >= 15 is 0 Å². The fourth-order valence-electron chi connectivity index (χ4n) is 2.88. The highest BCUT2D eigenvalue weighted by molar-refractivity contribution is 5.93. The molecule has 1 aromatic carbocycles. The maximum atomic E-state index is 2.38.